The Bertz CT molecular complexity index is 356. The van der Waals surface area contributed by atoms with Gasteiger partial charge in [-0.1, -0.05) is 0 Å². The van der Waals surface area contributed by atoms with Crippen LogP contribution in [0, 0.1) is 0 Å². The van der Waals surface area contributed by atoms with Crippen molar-refractivity contribution in [3.05, 3.63) is 0 Å². The van der Waals surface area contributed by atoms with Gasteiger partial charge >= 0.3 is 18.0 Å². The molecule has 0 aromatic carbocycles. The highest BCUT2D eigenvalue weighted by Gasteiger charge is 2.22. The van der Waals surface area contributed by atoms with Crippen LogP contribution < -0.4 is 10.6 Å². The van der Waals surface area contributed by atoms with Crippen molar-refractivity contribution in [1.82, 2.24) is 10.6 Å². The summed E-state index contributed by atoms with van der Waals surface area (Å²) in [6.07, 6.45) is 0.0999. The van der Waals surface area contributed by atoms with Crippen LogP contribution in [0.4, 0.5) is 4.79 Å². The van der Waals surface area contributed by atoms with Gasteiger partial charge in [-0.15, -0.1) is 0 Å². The predicted octanol–water partition coefficient (Wildman–Crippen LogP) is 0.419. The van der Waals surface area contributed by atoms with Gasteiger partial charge in [-0.2, -0.15) is 0 Å². The first kappa shape index (κ1) is 18.2. The second-order valence-electron chi connectivity index (χ2n) is 4.97. The molecule has 0 bridgehead atoms. The number of methoxy groups -OCH3 is 1. The van der Waals surface area contributed by atoms with Gasteiger partial charge in [0.05, 0.1) is 5.60 Å². The number of urea groups is 1. The Morgan fingerprint density at radius 3 is 2.30 bits per heavy atom. The molecule has 1 atom stereocenters. The summed E-state index contributed by atoms with van der Waals surface area (Å²) in [6.45, 7) is 3.76. The Balaban J connectivity index is 4.21. The first-order valence-electron chi connectivity index (χ1n) is 6.22. The maximum absolute atomic E-state index is 11.6. The fraction of sp³-hybridized carbons (Fsp3) is 0.750. The van der Waals surface area contributed by atoms with Crippen LogP contribution in [0.3, 0.4) is 0 Å². The van der Waals surface area contributed by atoms with Gasteiger partial charge in [0.2, 0.25) is 0 Å². The average molecular weight is 290 g/mol. The monoisotopic (exact) mass is 290 g/mol. The van der Waals surface area contributed by atoms with Crippen LogP contribution in [0.15, 0.2) is 0 Å². The van der Waals surface area contributed by atoms with Crippen LogP contribution >= 0.6 is 0 Å². The highest BCUT2D eigenvalue weighted by Crippen LogP contribution is 2.05. The number of carbonyl (C=O) groups excluding carboxylic acids is 1. The Morgan fingerprint density at radius 1 is 1.25 bits per heavy atom. The summed E-state index contributed by atoms with van der Waals surface area (Å²) in [5.74, 6) is -2.20. The largest absolute Gasteiger partial charge is 0.481 e. The van der Waals surface area contributed by atoms with Gasteiger partial charge in [-0.05, 0) is 26.7 Å². The van der Waals surface area contributed by atoms with Crippen LogP contribution in [-0.2, 0) is 14.3 Å². The van der Waals surface area contributed by atoms with Gasteiger partial charge in [0.15, 0.2) is 0 Å². The lowest BCUT2D eigenvalue weighted by atomic mass is 10.1. The molecular formula is C12H22N2O6. The molecule has 0 spiro atoms. The Kier molecular flexibility index (Phi) is 7.60. The topological polar surface area (TPSA) is 125 Å². The average Bonchev–Trinajstić information content (AvgIpc) is 2.34. The number of nitrogens with one attached hydrogen (secondary N) is 2. The lowest BCUT2D eigenvalue weighted by Crippen LogP contribution is -2.49. The first-order chi connectivity index (χ1) is 9.18. The van der Waals surface area contributed by atoms with Crippen molar-refractivity contribution in [2.75, 3.05) is 13.7 Å². The molecule has 0 aliphatic carbocycles. The molecule has 0 aromatic heterocycles. The summed E-state index contributed by atoms with van der Waals surface area (Å²) in [5, 5.41) is 22.2. The number of carboxylic acids is 2. The highest BCUT2D eigenvalue weighted by atomic mass is 16.5. The van der Waals surface area contributed by atoms with Crippen LogP contribution in [0.1, 0.15) is 33.1 Å². The fourth-order valence-electron chi connectivity index (χ4n) is 1.29. The minimum absolute atomic E-state index is 0.0583. The third-order valence-electron chi connectivity index (χ3n) is 2.71. The van der Waals surface area contributed by atoms with E-state index in [-0.39, 0.29) is 25.8 Å². The van der Waals surface area contributed by atoms with Crippen LogP contribution in [0.2, 0.25) is 0 Å². The summed E-state index contributed by atoms with van der Waals surface area (Å²) in [6, 6.07) is -1.74. The lowest BCUT2D eigenvalue weighted by molar-refractivity contribution is -0.140. The number of amides is 2. The van der Waals surface area contributed by atoms with Crippen molar-refractivity contribution in [3.63, 3.8) is 0 Å². The molecule has 2 amide bonds. The zero-order chi connectivity index (χ0) is 15.8. The smallest absolute Gasteiger partial charge is 0.326 e. The Hall–Kier alpha value is -1.83. The third-order valence-corrected chi connectivity index (χ3v) is 2.71. The van der Waals surface area contributed by atoms with Crippen LogP contribution in [0.5, 0.6) is 0 Å². The number of hydrogen-bond donors (Lipinski definition) is 4. The van der Waals surface area contributed by atoms with Crippen molar-refractivity contribution in [2.24, 2.45) is 0 Å². The van der Waals surface area contributed by atoms with Gasteiger partial charge in [-0.3, -0.25) is 4.79 Å². The van der Waals surface area contributed by atoms with E-state index in [4.69, 9.17) is 14.9 Å². The number of ether oxygens (including phenoxy) is 1. The van der Waals surface area contributed by atoms with Crippen LogP contribution in [0.25, 0.3) is 0 Å². The molecule has 0 saturated heterocycles. The number of carboxylic acid groups (broad SMARTS) is 2. The summed E-state index contributed by atoms with van der Waals surface area (Å²) >= 11 is 0. The molecular weight excluding hydrogens is 268 g/mol. The number of carbonyl (C=O) groups is 3. The van der Waals surface area contributed by atoms with Crippen molar-refractivity contribution < 1.29 is 29.3 Å². The Morgan fingerprint density at radius 2 is 1.85 bits per heavy atom. The molecule has 116 valence electrons. The van der Waals surface area contributed by atoms with Gasteiger partial charge in [0.25, 0.3) is 0 Å². The zero-order valence-corrected chi connectivity index (χ0v) is 11.9. The lowest BCUT2D eigenvalue weighted by Gasteiger charge is -2.24. The van der Waals surface area contributed by atoms with E-state index in [1.54, 1.807) is 13.8 Å². The van der Waals surface area contributed by atoms with Crippen LogP contribution in [-0.4, -0.2) is 53.5 Å². The maximum atomic E-state index is 11.6. The molecule has 0 aliphatic rings. The fourth-order valence-corrected chi connectivity index (χ4v) is 1.29. The van der Waals surface area contributed by atoms with E-state index >= 15 is 0 Å². The van der Waals surface area contributed by atoms with E-state index in [0.29, 0.717) is 0 Å². The molecule has 0 unspecified atom stereocenters. The molecule has 8 heteroatoms. The normalized spacial score (nSPS) is 12.6. The van der Waals surface area contributed by atoms with Crippen molar-refractivity contribution in [3.8, 4) is 0 Å². The summed E-state index contributed by atoms with van der Waals surface area (Å²) in [4.78, 5) is 32.9. The van der Waals surface area contributed by atoms with Gasteiger partial charge in [0.1, 0.15) is 6.04 Å². The second kappa shape index (κ2) is 8.36. The molecule has 20 heavy (non-hydrogen) atoms. The van der Waals surface area contributed by atoms with Gasteiger partial charge in [-0.25, -0.2) is 9.59 Å². The van der Waals surface area contributed by atoms with E-state index in [1.165, 1.54) is 7.11 Å². The minimum Gasteiger partial charge on any atom is -0.481 e. The molecule has 0 aliphatic heterocycles. The zero-order valence-electron chi connectivity index (χ0n) is 11.9. The SMILES string of the molecule is COC(C)(C)CNC(=O)N[C@H](CCCC(=O)O)C(=O)O. The molecule has 0 rings (SSSR count). The standard InChI is InChI=1S/C12H22N2O6/c1-12(2,20-3)7-13-11(19)14-8(10(17)18)5-4-6-9(15)16/h8H,4-7H2,1-3H3,(H,15,16)(H,17,18)(H2,13,14,19)/t8-/m1/s1. The molecule has 8 nitrogen and oxygen atoms in total. The maximum Gasteiger partial charge on any atom is 0.326 e. The number of hydrogen-bond acceptors (Lipinski definition) is 4. The molecule has 0 fully saturated rings. The summed E-state index contributed by atoms with van der Waals surface area (Å²) < 4.78 is 5.11. The summed E-state index contributed by atoms with van der Waals surface area (Å²) in [5.41, 5.74) is -0.556. The minimum atomic E-state index is -1.20. The van der Waals surface area contributed by atoms with E-state index in [9.17, 15) is 14.4 Å². The van der Waals surface area contributed by atoms with E-state index in [2.05, 4.69) is 10.6 Å². The van der Waals surface area contributed by atoms with Crippen molar-refractivity contribution in [2.45, 2.75) is 44.8 Å². The number of aliphatic carboxylic acids is 2. The molecule has 0 saturated carbocycles. The first-order valence-corrected chi connectivity index (χ1v) is 6.22. The van der Waals surface area contributed by atoms with Gasteiger partial charge < -0.3 is 25.6 Å². The third kappa shape index (κ3) is 8.30. The predicted molar refractivity (Wildman–Crippen MR) is 70.5 cm³/mol. The molecule has 0 aromatic rings. The van der Waals surface area contributed by atoms with Crippen molar-refractivity contribution in [1.29, 1.82) is 0 Å². The molecule has 0 radical (unpaired) electrons. The summed E-state index contributed by atoms with van der Waals surface area (Å²) in [7, 11) is 1.51. The van der Waals surface area contributed by atoms with E-state index < -0.39 is 29.6 Å². The van der Waals surface area contributed by atoms with Crippen molar-refractivity contribution >= 4 is 18.0 Å². The number of rotatable bonds is 9. The molecule has 0 heterocycles. The van der Waals surface area contributed by atoms with Gasteiger partial charge in [0, 0.05) is 20.1 Å². The molecule has 4 N–H and O–H groups in total. The van der Waals surface area contributed by atoms with E-state index in [0.717, 1.165) is 0 Å². The Labute approximate surface area is 117 Å². The second-order valence-corrected chi connectivity index (χ2v) is 4.97. The highest BCUT2D eigenvalue weighted by molar-refractivity contribution is 5.82. The quantitative estimate of drug-likeness (QED) is 0.487. The van der Waals surface area contributed by atoms with E-state index in [1.807, 2.05) is 0 Å².